The van der Waals surface area contributed by atoms with Gasteiger partial charge < -0.3 is 24.5 Å². The molecule has 2 aromatic heterocycles. The molecule has 1 saturated heterocycles. The highest BCUT2D eigenvalue weighted by molar-refractivity contribution is 6.32. The molecule has 1 fully saturated rings. The molecule has 0 saturated carbocycles. The van der Waals surface area contributed by atoms with Crippen molar-refractivity contribution in [2.75, 3.05) is 19.9 Å². The summed E-state index contributed by atoms with van der Waals surface area (Å²) in [6, 6.07) is 15.4. The van der Waals surface area contributed by atoms with Crippen LogP contribution in [0.2, 0.25) is 5.15 Å². The Hall–Kier alpha value is -4.56. The number of nitrogens with zero attached hydrogens (tertiary/aromatic N) is 8. The maximum Gasteiger partial charge on any atom is 0.361 e. The molecular weight excluding hydrogens is 578 g/mol. The topological polar surface area (TPSA) is 170 Å². The Morgan fingerprint density at radius 3 is 2.74 bits per heavy atom. The summed E-state index contributed by atoms with van der Waals surface area (Å²) in [4.78, 5) is 22.8. The monoisotopic (exact) mass is 609 g/mol. The first-order valence-corrected chi connectivity index (χ1v) is 14.4. The van der Waals surface area contributed by atoms with Crippen molar-refractivity contribution in [1.29, 1.82) is 0 Å². The lowest BCUT2D eigenvalue weighted by atomic mass is 9.98. The number of benzene rings is 2. The van der Waals surface area contributed by atoms with Gasteiger partial charge in [0.1, 0.15) is 11.9 Å². The van der Waals surface area contributed by atoms with Crippen LogP contribution in [-0.4, -0.2) is 77.2 Å². The van der Waals surface area contributed by atoms with E-state index in [1.54, 1.807) is 4.57 Å². The lowest BCUT2D eigenvalue weighted by molar-refractivity contribution is -0.715. The number of aryl methyl sites for hydroxylation is 1. The number of hydrogen-bond donors (Lipinski definition) is 2. The molecule has 4 aromatic rings. The molecule has 226 valence electrons. The van der Waals surface area contributed by atoms with E-state index in [2.05, 4.69) is 37.8 Å². The van der Waals surface area contributed by atoms with Crippen LogP contribution in [0.3, 0.4) is 0 Å². The second-order valence-electron chi connectivity index (χ2n) is 10.0. The van der Waals surface area contributed by atoms with Gasteiger partial charge in [0, 0.05) is 18.5 Å². The van der Waals surface area contributed by atoms with Crippen molar-refractivity contribution in [2.45, 2.75) is 51.6 Å². The standard InChI is InChI=1S/C28H32ClN9O5/c1-2-3-10-24-30-26(29)25(28(40)42-18-43-35-38(41)37-15-6-7-21(37)17-39)36(24)16-19-11-13-20(14-12-19)22-8-4-5-9-23(22)27-31-33-34-32-27/h4-5,8-9,11-14,21,39H,2-3,6-7,10,15-18H2,1H3,(H,31,32,33,34)/b38-35-/t21-/m0/s1. The van der Waals surface area contributed by atoms with Crippen LogP contribution in [0.5, 0.6) is 0 Å². The molecule has 0 bridgehead atoms. The largest absolute Gasteiger partial charge is 0.569 e. The Kier molecular flexibility index (Phi) is 9.79. The van der Waals surface area contributed by atoms with Crippen molar-refractivity contribution < 1.29 is 24.4 Å². The van der Waals surface area contributed by atoms with E-state index in [1.165, 1.54) is 5.01 Å². The van der Waals surface area contributed by atoms with Crippen LogP contribution in [0, 0.1) is 5.21 Å². The van der Waals surface area contributed by atoms with Gasteiger partial charge in [0.25, 0.3) is 6.79 Å². The van der Waals surface area contributed by atoms with Gasteiger partial charge in [0.15, 0.2) is 16.7 Å². The molecule has 0 spiro atoms. The number of aromatic nitrogens is 6. The fourth-order valence-corrected chi connectivity index (χ4v) is 5.32. The molecule has 14 nitrogen and oxygen atoms in total. The molecule has 2 aromatic carbocycles. The van der Waals surface area contributed by atoms with Crippen LogP contribution in [0.15, 0.2) is 53.8 Å². The van der Waals surface area contributed by atoms with E-state index in [0.29, 0.717) is 37.6 Å². The second-order valence-corrected chi connectivity index (χ2v) is 10.4. The number of unbranched alkanes of at least 4 members (excludes halogenated alkanes) is 1. The predicted octanol–water partition coefficient (Wildman–Crippen LogP) is 4.15. The zero-order valence-corrected chi connectivity index (χ0v) is 24.4. The number of esters is 1. The van der Waals surface area contributed by atoms with Gasteiger partial charge >= 0.3 is 5.97 Å². The Labute approximate surface area is 252 Å². The van der Waals surface area contributed by atoms with Crippen LogP contribution >= 0.6 is 11.6 Å². The first-order valence-electron chi connectivity index (χ1n) is 14.0. The zero-order chi connectivity index (χ0) is 30.2. The maximum absolute atomic E-state index is 13.1. The summed E-state index contributed by atoms with van der Waals surface area (Å²) in [5.41, 5.74) is 3.81. The lowest BCUT2D eigenvalue weighted by Gasteiger charge is -2.17. The van der Waals surface area contributed by atoms with Gasteiger partial charge in [-0.15, -0.1) is 10.1 Å². The number of imidazole rings is 1. The van der Waals surface area contributed by atoms with E-state index in [4.69, 9.17) is 21.2 Å². The maximum atomic E-state index is 13.1. The number of hydrogen-bond acceptors (Lipinski definition) is 10. The quantitative estimate of drug-likeness (QED) is 0.0560. The van der Waals surface area contributed by atoms with Gasteiger partial charge in [-0.3, -0.25) is 0 Å². The van der Waals surface area contributed by atoms with Gasteiger partial charge in [-0.1, -0.05) is 73.5 Å². The SMILES string of the molecule is CCCCc1nc(Cl)c(C(=O)OCO/N=[N+](\[O-])N2CCC[C@H]2CO)n1Cc1ccc(-c2ccccc2-c2nnn[nH]2)cc1. The van der Waals surface area contributed by atoms with Crippen molar-refractivity contribution in [3.8, 4) is 22.5 Å². The minimum Gasteiger partial charge on any atom is -0.569 e. The number of ether oxygens (including phenoxy) is 1. The highest BCUT2D eigenvalue weighted by atomic mass is 35.5. The van der Waals surface area contributed by atoms with Crippen LogP contribution in [0.25, 0.3) is 22.5 Å². The number of nitrogens with one attached hydrogen (secondary N) is 1. The van der Waals surface area contributed by atoms with Crippen molar-refractivity contribution in [1.82, 2.24) is 35.2 Å². The van der Waals surface area contributed by atoms with E-state index in [1.807, 2.05) is 48.5 Å². The Balaban J connectivity index is 1.31. The second kappa shape index (κ2) is 14.1. The summed E-state index contributed by atoms with van der Waals surface area (Å²) in [7, 11) is 0. The number of aliphatic hydroxyl groups is 1. The van der Waals surface area contributed by atoms with Gasteiger partial charge in [-0.25, -0.2) is 14.9 Å². The molecule has 0 radical (unpaired) electrons. The number of carbonyl (C=O) groups excluding carboxylic acids is 1. The molecule has 0 unspecified atom stereocenters. The Morgan fingerprint density at radius 1 is 1.23 bits per heavy atom. The normalized spacial score (nSPS) is 15.2. The van der Waals surface area contributed by atoms with Crippen LogP contribution in [-0.2, 0) is 22.5 Å². The molecular formula is C28H32ClN9O5. The predicted molar refractivity (Wildman–Crippen MR) is 154 cm³/mol. The zero-order valence-electron chi connectivity index (χ0n) is 23.6. The lowest BCUT2D eigenvalue weighted by Crippen LogP contribution is -2.37. The van der Waals surface area contributed by atoms with Crippen LogP contribution in [0.4, 0.5) is 0 Å². The fourth-order valence-electron chi connectivity index (χ4n) is 5.04. The molecule has 15 heteroatoms. The van der Waals surface area contributed by atoms with Crippen LogP contribution < -0.4 is 0 Å². The third kappa shape index (κ3) is 6.92. The number of tetrazole rings is 1. The van der Waals surface area contributed by atoms with Gasteiger partial charge in [-0.05, 0) is 46.4 Å². The number of H-pyrrole nitrogens is 1. The minimum atomic E-state index is -0.756. The molecule has 1 aliphatic heterocycles. The summed E-state index contributed by atoms with van der Waals surface area (Å²) >= 11 is 6.44. The van der Waals surface area contributed by atoms with Crippen molar-refractivity contribution >= 4 is 17.6 Å². The smallest absolute Gasteiger partial charge is 0.361 e. The molecule has 3 heterocycles. The molecule has 1 atom stereocenters. The summed E-state index contributed by atoms with van der Waals surface area (Å²) in [6.07, 6.45) is 3.86. The Bertz CT molecular complexity index is 1540. The Morgan fingerprint density at radius 2 is 2.02 bits per heavy atom. The molecule has 0 aliphatic carbocycles. The summed E-state index contributed by atoms with van der Waals surface area (Å²) in [5.74, 6) is 0.474. The molecule has 5 rings (SSSR count). The average Bonchev–Trinajstić information content (AvgIpc) is 3.79. The third-order valence-electron chi connectivity index (χ3n) is 7.23. The summed E-state index contributed by atoms with van der Waals surface area (Å²) in [6.45, 7) is 2.08. The van der Waals surface area contributed by atoms with Gasteiger partial charge in [-0.2, -0.15) is 0 Å². The van der Waals surface area contributed by atoms with E-state index in [9.17, 15) is 15.1 Å². The number of carbonyl (C=O) groups is 1. The first-order chi connectivity index (χ1) is 21.0. The molecule has 1 aliphatic rings. The number of hydrazine groups is 1. The number of halogens is 1. The van der Waals surface area contributed by atoms with Gasteiger partial charge in [0.05, 0.1) is 18.1 Å². The highest BCUT2D eigenvalue weighted by Crippen LogP contribution is 2.30. The van der Waals surface area contributed by atoms with E-state index in [0.717, 1.165) is 41.5 Å². The molecule has 2 N–H and O–H groups in total. The van der Waals surface area contributed by atoms with E-state index in [-0.39, 0.29) is 28.5 Å². The van der Waals surface area contributed by atoms with E-state index >= 15 is 0 Å². The van der Waals surface area contributed by atoms with Crippen LogP contribution in [0.1, 0.15) is 54.5 Å². The third-order valence-corrected chi connectivity index (χ3v) is 7.49. The number of rotatable bonds is 13. The molecule has 0 amide bonds. The average molecular weight is 610 g/mol. The number of aromatic amines is 1. The van der Waals surface area contributed by atoms with Crippen molar-refractivity contribution in [3.63, 3.8) is 0 Å². The fraction of sp³-hybridized carbons (Fsp3) is 0.393. The van der Waals surface area contributed by atoms with E-state index < -0.39 is 12.8 Å². The number of aliphatic hydroxyl groups excluding tert-OH is 1. The van der Waals surface area contributed by atoms with Gasteiger partial charge in [0.2, 0.25) is 5.28 Å². The van der Waals surface area contributed by atoms with Crippen molar-refractivity contribution in [3.05, 3.63) is 76.0 Å². The summed E-state index contributed by atoms with van der Waals surface area (Å²) < 4.78 is 6.99. The highest BCUT2D eigenvalue weighted by Gasteiger charge is 2.30. The first kappa shape index (κ1) is 29.9. The minimum absolute atomic E-state index is 0.0209. The van der Waals surface area contributed by atoms with Crippen molar-refractivity contribution in [2.24, 2.45) is 5.28 Å². The molecule has 43 heavy (non-hydrogen) atoms. The summed E-state index contributed by atoms with van der Waals surface area (Å²) in [5, 5.41) is 40.6.